The van der Waals surface area contributed by atoms with Crippen LogP contribution in [-0.4, -0.2) is 36.5 Å². The first-order valence-corrected chi connectivity index (χ1v) is 8.29. The van der Waals surface area contributed by atoms with Crippen LogP contribution in [0.4, 0.5) is 0 Å². The molecule has 3 aliphatic rings. The molecule has 2 saturated carbocycles. The van der Waals surface area contributed by atoms with E-state index in [1.807, 2.05) is 0 Å². The van der Waals surface area contributed by atoms with Crippen molar-refractivity contribution < 1.29 is 9.84 Å². The molecule has 3 nitrogen and oxygen atoms in total. The number of hydrogen-bond acceptors (Lipinski definition) is 3. The maximum Gasteiger partial charge on any atom is 0.0697 e. The highest BCUT2D eigenvalue weighted by molar-refractivity contribution is 4.94. The summed E-state index contributed by atoms with van der Waals surface area (Å²) in [7, 11) is 0. The summed E-state index contributed by atoms with van der Waals surface area (Å²) in [6.07, 6.45) is 11.4. The van der Waals surface area contributed by atoms with Crippen LogP contribution in [0.5, 0.6) is 0 Å². The summed E-state index contributed by atoms with van der Waals surface area (Å²) in [4.78, 5) is 0. The smallest absolute Gasteiger partial charge is 0.0697 e. The number of aliphatic hydroxyl groups is 1. The zero-order chi connectivity index (χ0) is 13.1. The van der Waals surface area contributed by atoms with E-state index in [1.165, 1.54) is 51.4 Å². The molecule has 1 heterocycles. The molecule has 0 aromatic rings. The highest BCUT2D eigenvalue weighted by Gasteiger charge is 2.40. The maximum atomic E-state index is 9.39. The Labute approximate surface area is 117 Å². The molecular formula is C16H29NO2. The first-order chi connectivity index (χ1) is 9.31. The van der Waals surface area contributed by atoms with Gasteiger partial charge in [-0.25, -0.2) is 0 Å². The quantitative estimate of drug-likeness (QED) is 0.822. The lowest BCUT2D eigenvalue weighted by Gasteiger charge is -2.39. The van der Waals surface area contributed by atoms with Gasteiger partial charge in [0, 0.05) is 19.3 Å². The molecule has 3 heteroatoms. The van der Waals surface area contributed by atoms with Gasteiger partial charge in [0.2, 0.25) is 0 Å². The number of aliphatic hydroxyl groups excluding tert-OH is 1. The zero-order valence-corrected chi connectivity index (χ0v) is 12.1. The fraction of sp³-hybridized carbons (Fsp3) is 1.00. The fourth-order valence-corrected chi connectivity index (χ4v) is 4.51. The van der Waals surface area contributed by atoms with Gasteiger partial charge in [-0.1, -0.05) is 19.3 Å². The van der Waals surface area contributed by atoms with Gasteiger partial charge >= 0.3 is 0 Å². The lowest BCUT2D eigenvalue weighted by molar-refractivity contribution is -0.0840. The summed E-state index contributed by atoms with van der Waals surface area (Å²) in [5, 5.41) is 13.2. The van der Waals surface area contributed by atoms with E-state index in [9.17, 15) is 5.11 Å². The standard InChI is InChI=1S/C16H29NO2/c18-12-14-5-3-4-13(14)11-17-15-6-9-19-16(10-15)7-1-2-8-16/h13-15,17-18H,1-12H2. The highest BCUT2D eigenvalue weighted by atomic mass is 16.5. The first kappa shape index (κ1) is 13.8. The third kappa shape index (κ3) is 3.14. The molecule has 3 fully saturated rings. The van der Waals surface area contributed by atoms with Gasteiger partial charge in [-0.15, -0.1) is 0 Å². The Bertz CT molecular complexity index is 288. The SMILES string of the molecule is OCC1CCCC1CNC1CCOC2(CCCC2)C1. The van der Waals surface area contributed by atoms with Crippen LogP contribution in [0, 0.1) is 11.8 Å². The van der Waals surface area contributed by atoms with Gasteiger partial charge < -0.3 is 15.2 Å². The average molecular weight is 267 g/mol. The second kappa shape index (κ2) is 6.11. The first-order valence-electron chi connectivity index (χ1n) is 8.29. The number of nitrogens with one attached hydrogen (secondary N) is 1. The Balaban J connectivity index is 1.47. The highest BCUT2D eigenvalue weighted by Crippen LogP contribution is 2.40. The minimum Gasteiger partial charge on any atom is -0.396 e. The molecule has 1 spiro atoms. The molecule has 1 aliphatic heterocycles. The van der Waals surface area contributed by atoms with Crippen molar-refractivity contribution in [1.29, 1.82) is 0 Å². The molecule has 110 valence electrons. The molecule has 0 radical (unpaired) electrons. The topological polar surface area (TPSA) is 41.5 Å². The summed E-state index contributed by atoms with van der Waals surface area (Å²) >= 11 is 0. The third-order valence-electron chi connectivity index (χ3n) is 5.73. The van der Waals surface area contributed by atoms with Crippen LogP contribution in [0.1, 0.15) is 57.8 Å². The van der Waals surface area contributed by atoms with Crippen LogP contribution in [0.3, 0.4) is 0 Å². The van der Waals surface area contributed by atoms with E-state index in [-0.39, 0.29) is 5.60 Å². The lowest BCUT2D eigenvalue weighted by atomic mass is 9.88. The molecule has 0 bridgehead atoms. The van der Waals surface area contributed by atoms with Crippen LogP contribution >= 0.6 is 0 Å². The van der Waals surface area contributed by atoms with E-state index in [0.717, 1.165) is 19.6 Å². The van der Waals surface area contributed by atoms with Crippen LogP contribution < -0.4 is 5.32 Å². The summed E-state index contributed by atoms with van der Waals surface area (Å²) in [6.45, 7) is 2.42. The van der Waals surface area contributed by atoms with E-state index < -0.39 is 0 Å². The van der Waals surface area contributed by atoms with Crippen LogP contribution in [-0.2, 0) is 4.74 Å². The van der Waals surface area contributed by atoms with E-state index in [0.29, 0.717) is 24.5 Å². The predicted molar refractivity (Wildman–Crippen MR) is 76.1 cm³/mol. The summed E-state index contributed by atoms with van der Waals surface area (Å²) in [5.74, 6) is 1.25. The molecule has 1 saturated heterocycles. The van der Waals surface area contributed by atoms with Crippen molar-refractivity contribution in [2.24, 2.45) is 11.8 Å². The Morgan fingerprint density at radius 1 is 1.05 bits per heavy atom. The lowest BCUT2D eigenvalue weighted by Crippen LogP contribution is -2.47. The molecule has 2 aliphatic carbocycles. The van der Waals surface area contributed by atoms with Crippen molar-refractivity contribution in [1.82, 2.24) is 5.32 Å². The summed E-state index contributed by atoms with van der Waals surface area (Å²) < 4.78 is 6.09. The van der Waals surface area contributed by atoms with Gasteiger partial charge in [-0.2, -0.15) is 0 Å². The van der Waals surface area contributed by atoms with E-state index in [1.54, 1.807) is 0 Å². The molecular weight excluding hydrogens is 238 g/mol. The van der Waals surface area contributed by atoms with Gasteiger partial charge in [-0.05, 0) is 56.9 Å². The summed E-state index contributed by atoms with van der Waals surface area (Å²) in [5.41, 5.74) is 0.224. The zero-order valence-electron chi connectivity index (χ0n) is 12.1. The van der Waals surface area contributed by atoms with Gasteiger partial charge in [0.15, 0.2) is 0 Å². The maximum absolute atomic E-state index is 9.39. The van der Waals surface area contributed by atoms with Crippen molar-refractivity contribution >= 4 is 0 Å². The molecule has 0 amide bonds. The van der Waals surface area contributed by atoms with E-state index >= 15 is 0 Å². The second-order valence-electron chi connectivity index (χ2n) is 6.97. The predicted octanol–water partition coefficient (Wildman–Crippen LogP) is 2.48. The Morgan fingerprint density at radius 3 is 2.63 bits per heavy atom. The van der Waals surface area contributed by atoms with Gasteiger partial charge in [0.05, 0.1) is 5.60 Å². The van der Waals surface area contributed by atoms with Crippen molar-refractivity contribution in [3.8, 4) is 0 Å². The monoisotopic (exact) mass is 267 g/mol. The Kier molecular flexibility index (Phi) is 4.45. The van der Waals surface area contributed by atoms with Crippen molar-refractivity contribution in [3.63, 3.8) is 0 Å². The normalized spacial score (nSPS) is 38.1. The van der Waals surface area contributed by atoms with Crippen LogP contribution in [0.2, 0.25) is 0 Å². The molecule has 0 aromatic carbocycles. The number of hydrogen-bond donors (Lipinski definition) is 2. The van der Waals surface area contributed by atoms with Crippen molar-refractivity contribution in [2.45, 2.75) is 69.4 Å². The van der Waals surface area contributed by atoms with Crippen LogP contribution in [0.15, 0.2) is 0 Å². The average Bonchev–Trinajstić information content (AvgIpc) is 3.06. The largest absolute Gasteiger partial charge is 0.396 e. The third-order valence-corrected chi connectivity index (χ3v) is 5.73. The van der Waals surface area contributed by atoms with Gasteiger partial charge in [-0.3, -0.25) is 0 Å². The molecule has 3 unspecified atom stereocenters. The molecule has 19 heavy (non-hydrogen) atoms. The van der Waals surface area contributed by atoms with E-state index in [4.69, 9.17) is 4.74 Å². The van der Waals surface area contributed by atoms with E-state index in [2.05, 4.69) is 5.32 Å². The minimum absolute atomic E-state index is 0.224. The minimum atomic E-state index is 0.224. The summed E-state index contributed by atoms with van der Waals surface area (Å²) in [6, 6.07) is 0.645. The molecule has 0 aromatic heterocycles. The number of ether oxygens (including phenoxy) is 1. The van der Waals surface area contributed by atoms with Crippen molar-refractivity contribution in [3.05, 3.63) is 0 Å². The van der Waals surface area contributed by atoms with Gasteiger partial charge in [0.25, 0.3) is 0 Å². The molecule has 2 N–H and O–H groups in total. The Morgan fingerprint density at radius 2 is 1.84 bits per heavy atom. The van der Waals surface area contributed by atoms with Gasteiger partial charge in [0.1, 0.15) is 0 Å². The van der Waals surface area contributed by atoms with Crippen LogP contribution in [0.25, 0.3) is 0 Å². The fourth-order valence-electron chi connectivity index (χ4n) is 4.51. The Hall–Kier alpha value is -0.120. The number of rotatable bonds is 4. The second-order valence-corrected chi connectivity index (χ2v) is 6.97. The molecule has 3 atom stereocenters. The van der Waals surface area contributed by atoms with Crippen molar-refractivity contribution in [2.75, 3.05) is 19.8 Å². The molecule has 3 rings (SSSR count).